The summed E-state index contributed by atoms with van der Waals surface area (Å²) in [5.41, 5.74) is 0.126. The normalized spacial score (nSPS) is 45.4. The van der Waals surface area contributed by atoms with Crippen molar-refractivity contribution in [2.75, 3.05) is 25.1 Å². The zero-order chi connectivity index (χ0) is 16.0. The number of nitrogens with one attached hydrogen (secondary N) is 1. The van der Waals surface area contributed by atoms with Crippen molar-refractivity contribution >= 4 is 16.7 Å². The molecule has 0 aromatic carbocycles. The molecule has 0 radical (unpaired) electrons. The van der Waals surface area contributed by atoms with Crippen molar-refractivity contribution in [2.45, 2.75) is 62.9 Å². The highest BCUT2D eigenvalue weighted by atomic mass is 32.2. The Morgan fingerprint density at radius 2 is 1.61 bits per heavy atom. The zero-order valence-electron chi connectivity index (χ0n) is 14.3. The third-order valence-electron chi connectivity index (χ3n) is 6.82. The van der Waals surface area contributed by atoms with Crippen LogP contribution in [-0.2, 0) is 15.6 Å². The van der Waals surface area contributed by atoms with Crippen LogP contribution in [0.5, 0.6) is 0 Å². The van der Waals surface area contributed by atoms with Crippen molar-refractivity contribution in [3.05, 3.63) is 0 Å². The average molecular weight is 339 g/mol. The van der Waals surface area contributed by atoms with Gasteiger partial charge in [0.05, 0.1) is 6.54 Å². The number of amides is 1. The first-order chi connectivity index (χ1) is 11.0. The molecule has 1 saturated heterocycles. The molecule has 4 nitrogen and oxygen atoms in total. The van der Waals surface area contributed by atoms with Crippen LogP contribution in [0.3, 0.4) is 0 Å². The number of hydrogen-bond donors (Lipinski definition) is 1. The monoisotopic (exact) mass is 338 g/mol. The first-order valence-corrected chi connectivity index (χ1v) is 10.9. The van der Waals surface area contributed by atoms with E-state index in [9.17, 15) is 9.00 Å². The van der Waals surface area contributed by atoms with Crippen LogP contribution in [0.2, 0.25) is 0 Å². The van der Waals surface area contributed by atoms with E-state index < -0.39 is 10.8 Å². The van der Waals surface area contributed by atoms with Crippen LogP contribution < -0.4 is 5.32 Å². The van der Waals surface area contributed by atoms with Crippen LogP contribution in [0.25, 0.3) is 0 Å². The Balaban J connectivity index is 1.32. The minimum absolute atomic E-state index is 0.126. The van der Waals surface area contributed by atoms with E-state index in [4.69, 9.17) is 0 Å². The minimum atomic E-state index is -0.627. The maximum Gasteiger partial charge on any atom is 0.234 e. The van der Waals surface area contributed by atoms with Gasteiger partial charge < -0.3 is 5.32 Å². The number of carbonyl (C=O) groups excluding carboxylic acids is 1. The summed E-state index contributed by atoms with van der Waals surface area (Å²) in [7, 11) is 1.43. The fraction of sp³-hybridized carbons (Fsp3) is 0.944. The van der Waals surface area contributed by atoms with E-state index in [1.165, 1.54) is 38.5 Å². The number of likely N-dealkylation sites (N-methyl/N-ethyl adjacent to an activating group) is 1. The number of hydrogen-bond acceptors (Lipinski definition) is 3. The fourth-order valence-electron chi connectivity index (χ4n) is 6.18. The Hall–Kier alpha value is -0.420. The predicted molar refractivity (Wildman–Crippen MR) is 92.6 cm³/mol. The fourth-order valence-corrected chi connectivity index (χ4v) is 7.45. The summed E-state index contributed by atoms with van der Waals surface area (Å²) in [5, 5.41) is 3.46. The molecule has 5 aliphatic rings. The van der Waals surface area contributed by atoms with Crippen LogP contribution in [0.15, 0.2) is 0 Å². The first kappa shape index (κ1) is 16.1. The van der Waals surface area contributed by atoms with Crippen molar-refractivity contribution in [3.63, 3.8) is 0 Å². The molecule has 0 spiro atoms. The molecule has 4 aliphatic carbocycles. The average Bonchev–Trinajstić information content (AvgIpc) is 2.45. The van der Waals surface area contributed by atoms with E-state index >= 15 is 0 Å². The second kappa shape index (κ2) is 6.14. The van der Waals surface area contributed by atoms with Crippen LogP contribution >= 0.6 is 0 Å². The van der Waals surface area contributed by atoms with Crippen molar-refractivity contribution in [3.8, 4) is 0 Å². The molecule has 4 saturated carbocycles. The predicted octanol–water partition coefficient (Wildman–Crippen LogP) is 1.91. The molecule has 5 rings (SSSR count). The molecular weight excluding hydrogens is 308 g/mol. The van der Waals surface area contributed by atoms with Crippen LogP contribution in [-0.4, -0.2) is 51.7 Å². The molecule has 1 N–H and O–H groups in total. The lowest BCUT2D eigenvalue weighted by Gasteiger charge is -2.57. The van der Waals surface area contributed by atoms with Gasteiger partial charge in [0.25, 0.3) is 0 Å². The quantitative estimate of drug-likeness (QED) is 0.852. The molecule has 1 aliphatic heterocycles. The summed E-state index contributed by atoms with van der Waals surface area (Å²) < 4.78 is 11.5. The molecular formula is C18H30N2O2S. The summed E-state index contributed by atoms with van der Waals surface area (Å²) >= 11 is 0. The highest BCUT2D eigenvalue weighted by Crippen LogP contribution is 2.55. The maximum atomic E-state index is 12.6. The standard InChI is InChI=1S/C18H30N2O2S/c1-20(16-2-4-23(22)5-3-16)12-17(21)19-18-9-13-6-14(10-18)8-15(7-13)11-18/h13-16H,2-12H2,1H3,(H,19,21). The summed E-state index contributed by atoms with van der Waals surface area (Å²) in [4.78, 5) is 14.8. The maximum absolute atomic E-state index is 12.6. The first-order valence-electron chi connectivity index (χ1n) is 9.37. The Bertz CT molecular complexity index is 462. The molecule has 4 bridgehead atoms. The number of nitrogens with zero attached hydrogens (tertiary/aromatic N) is 1. The Labute approximate surface area is 142 Å². The molecule has 0 aromatic rings. The molecule has 0 aromatic heterocycles. The van der Waals surface area contributed by atoms with E-state index in [1.807, 2.05) is 0 Å². The zero-order valence-corrected chi connectivity index (χ0v) is 15.1. The molecule has 0 unspecified atom stereocenters. The lowest BCUT2D eigenvalue weighted by molar-refractivity contribution is -0.128. The summed E-state index contributed by atoms with van der Waals surface area (Å²) in [5.74, 6) is 4.41. The van der Waals surface area contributed by atoms with E-state index in [1.54, 1.807) is 0 Å². The Morgan fingerprint density at radius 3 is 2.13 bits per heavy atom. The summed E-state index contributed by atoms with van der Waals surface area (Å²) in [6, 6.07) is 0.426. The molecule has 1 amide bonds. The molecule has 1 heterocycles. The number of rotatable bonds is 4. The highest BCUT2D eigenvalue weighted by Gasteiger charge is 2.51. The Morgan fingerprint density at radius 1 is 1.09 bits per heavy atom. The second-order valence-electron chi connectivity index (χ2n) is 8.74. The van der Waals surface area contributed by atoms with Gasteiger partial charge in [0.1, 0.15) is 0 Å². The third kappa shape index (κ3) is 3.37. The van der Waals surface area contributed by atoms with E-state index in [0.29, 0.717) is 12.6 Å². The van der Waals surface area contributed by atoms with Crippen molar-refractivity contribution in [1.82, 2.24) is 10.2 Å². The van der Waals surface area contributed by atoms with Crippen LogP contribution in [0.1, 0.15) is 51.4 Å². The van der Waals surface area contributed by atoms with E-state index in [0.717, 1.165) is 42.1 Å². The lowest BCUT2D eigenvalue weighted by Crippen LogP contribution is -2.61. The summed E-state index contributed by atoms with van der Waals surface area (Å²) in [6.07, 6.45) is 9.82. The molecule has 130 valence electrons. The third-order valence-corrected chi connectivity index (χ3v) is 8.20. The topological polar surface area (TPSA) is 49.4 Å². The Kier molecular flexibility index (Phi) is 4.29. The molecule has 5 heteroatoms. The van der Waals surface area contributed by atoms with Gasteiger partial charge in [-0.15, -0.1) is 0 Å². The van der Waals surface area contributed by atoms with Gasteiger partial charge in [0, 0.05) is 33.9 Å². The van der Waals surface area contributed by atoms with Gasteiger partial charge in [-0.05, 0) is 76.2 Å². The van der Waals surface area contributed by atoms with Crippen molar-refractivity contribution in [1.29, 1.82) is 0 Å². The lowest BCUT2D eigenvalue weighted by atomic mass is 9.53. The van der Waals surface area contributed by atoms with Crippen LogP contribution in [0, 0.1) is 17.8 Å². The molecule has 5 fully saturated rings. The number of carbonyl (C=O) groups is 1. The molecule has 0 atom stereocenters. The smallest absolute Gasteiger partial charge is 0.234 e. The molecule has 23 heavy (non-hydrogen) atoms. The van der Waals surface area contributed by atoms with Gasteiger partial charge >= 0.3 is 0 Å². The van der Waals surface area contributed by atoms with Gasteiger partial charge in [0.2, 0.25) is 5.91 Å². The van der Waals surface area contributed by atoms with Crippen LogP contribution in [0.4, 0.5) is 0 Å². The van der Waals surface area contributed by atoms with Gasteiger partial charge in [-0.1, -0.05) is 0 Å². The van der Waals surface area contributed by atoms with Gasteiger partial charge in [-0.25, -0.2) is 0 Å². The summed E-state index contributed by atoms with van der Waals surface area (Å²) in [6.45, 7) is 0.499. The largest absolute Gasteiger partial charge is 0.350 e. The second-order valence-corrected chi connectivity index (χ2v) is 10.4. The van der Waals surface area contributed by atoms with Crippen molar-refractivity contribution < 1.29 is 9.00 Å². The van der Waals surface area contributed by atoms with Gasteiger partial charge in [-0.3, -0.25) is 13.9 Å². The SMILES string of the molecule is CN(CC(=O)NC12CC3CC(CC(C3)C1)C2)C1CCS(=O)CC1. The minimum Gasteiger partial charge on any atom is -0.350 e. The highest BCUT2D eigenvalue weighted by molar-refractivity contribution is 7.85. The van der Waals surface area contributed by atoms with Gasteiger partial charge in [-0.2, -0.15) is 0 Å². The van der Waals surface area contributed by atoms with Gasteiger partial charge in [0.15, 0.2) is 0 Å². The van der Waals surface area contributed by atoms with E-state index in [2.05, 4.69) is 17.3 Å². The van der Waals surface area contributed by atoms with Crippen molar-refractivity contribution in [2.24, 2.45) is 17.8 Å². The van der Waals surface area contributed by atoms with E-state index in [-0.39, 0.29) is 11.4 Å².